The summed E-state index contributed by atoms with van der Waals surface area (Å²) in [4.78, 5) is 13.5. The molecule has 6 nitrogen and oxygen atoms in total. The number of carbonyl (C=O) groups is 1. The topological polar surface area (TPSA) is 71.6 Å². The molecule has 0 radical (unpaired) electrons. The van der Waals surface area contributed by atoms with Gasteiger partial charge in [-0.05, 0) is 92.5 Å². The molecule has 0 aliphatic carbocycles. The molecule has 2 fully saturated rings. The number of anilines is 1. The molecule has 0 bridgehead atoms. The molecule has 3 N–H and O–H groups in total. The standard InChI is InChI=1S/C34H33F2N3O3/c1-21-2-4-22(5-3-21)29-18-25(8-11-33(29)42-27-13-15-38-20-27)39-34(40)24-7-10-32(41-26-12-14-37-19-26)28(16-24)23-6-9-30(35)31(36)17-23/h2-11,16-18,26-27,37-38H,12-15,19-20H2,1H3,(H,39,40)/t26-,27-/m0/s1. The Morgan fingerprint density at radius 1 is 0.738 bits per heavy atom. The molecule has 6 rings (SSSR count). The highest BCUT2D eigenvalue weighted by atomic mass is 19.2. The number of hydrogen-bond acceptors (Lipinski definition) is 5. The zero-order chi connectivity index (χ0) is 29.1. The Hall–Kier alpha value is -4.27. The van der Waals surface area contributed by atoms with Crippen LogP contribution in [0.1, 0.15) is 28.8 Å². The molecule has 4 aromatic carbocycles. The minimum absolute atomic E-state index is 0.0466. The molecule has 4 aromatic rings. The number of amides is 1. The number of aryl methyl sites for hydroxylation is 1. The van der Waals surface area contributed by atoms with Crippen LogP contribution < -0.4 is 25.4 Å². The van der Waals surface area contributed by atoms with Crippen LogP contribution in [0, 0.1) is 18.6 Å². The number of rotatable bonds is 8. The Balaban J connectivity index is 1.30. The van der Waals surface area contributed by atoms with Gasteiger partial charge in [0.05, 0.1) is 0 Å². The fourth-order valence-corrected chi connectivity index (χ4v) is 5.35. The van der Waals surface area contributed by atoms with E-state index in [9.17, 15) is 13.6 Å². The van der Waals surface area contributed by atoms with Crippen molar-refractivity contribution in [2.45, 2.75) is 32.0 Å². The fourth-order valence-electron chi connectivity index (χ4n) is 5.35. The lowest BCUT2D eigenvalue weighted by molar-refractivity contribution is 0.102. The van der Waals surface area contributed by atoms with Crippen molar-refractivity contribution >= 4 is 11.6 Å². The lowest BCUT2D eigenvalue weighted by atomic mass is 10.0. The maximum absolute atomic E-state index is 14.2. The van der Waals surface area contributed by atoms with Gasteiger partial charge < -0.3 is 25.4 Å². The maximum Gasteiger partial charge on any atom is 0.255 e. The van der Waals surface area contributed by atoms with E-state index in [4.69, 9.17) is 9.47 Å². The van der Waals surface area contributed by atoms with Gasteiger partial charge in [-0.1, -0.05) is 35.9 Å². The van der Waals surface area contributed by atoms with Gasteiger partial charge in [0.15, 0.2) is 11.6 Å². The average molecular weight is 570 g/mol. The third-order valence-electron chi connectivity index (χ3n) is 7.69. The Labute approximate surface area is 244 Å². The number of ether oxygens (including phenoxy) is 2. The molecular weight excluding hydrogens is 536 g/mol. The van der Waals surface area contributed by atoms with Crippen LogP contribution in [-0.4, -0.2) is 44.3 Å². The van der Waals surface area contributed by atoms with Crippen molar-refractivity contribution in [3.05, 3.63) is 102 Å². The number of benzene rings is 4. The number of nitrogens with one attached hydrogen (secondary N) is 3. The van der Waals surface area contributed by atoms with E-state index in [1.54, 1.807) is 18.2 Å². The summed E-state index contributed by atoms with van der Waals surface area (Å²) >= 11 is 0. The summed E-state index contributed by atoms with van der Waals surface area (Å²) in [5.41, 5.74) is 4.94. The van der Waals surface area contributed by atoms with Gasteiger partial charge in [-0.3, -0.25) is 4.79 Å². The Bertz CT molecular complexity index is 1580. The van der Waals surface area contributed by atoms with Crippen molar-refractivity contribution in [1.29, 1.82) is 0 Å². The van der Waals surface area contributed by atoms with Crippen molar-refractivity contribution in [3.63, 3.8) is 0 Å². The molecule has 1 amide bonds. The Morgan fingerprint density at radius 3 is 1.98 bits per heavy atom. The summed E-state index contributed by atoms with van der Waals surface area (Å²) in [6.07, 6.45) is 1.81. The van der Waals surface area contributed by atoms with Crippen LogP contribution in [0.5, 0.6) is 11.5 Å². The highest BCUT2D eigenvalue weighted by molar-refractivity contribution is 6.05. The summed E-state index contributed by atoms with van der Waals surface area (Å²) in [5, 5.41) is 9.59. The van der Waals surface area contributed by atoms with Crippen LogP contribution in [0.25, 0.3) is 22.3 Å². The highest BCUT2D eigenvalue weighted by Gasteiger charge is 2.21. The number of carbonyl (C=O) groups excluding carboxylic acids is 1. The van der Waals surface area contributed by atoms with Gasteiger partial charge in [0, 0.05) is 35.5 Å². The Morgan fingerprint density at radius 2 is 1.36 bits per heavy atom. The molecule has 2 atom stereocenters. The molecule has 2 aliphatic heterocycles. The van der Waals surface area contributed by atoms with Crippen LogP contribution in [0.2, 0.25) is 0 Å². The first-order valence-electron chi connectivity index (χ1n) is 14.3. The van der Waals surface area contributed by atoms with Crippen molar-refractivity contribution in [1.82, 2.24) is 10.6 Å². The molecule has 0 unspecified atom stereocenters. The fraction of sp³-hybridized carbons (Fsp3) is 0.265. The quantitative estimate of drug-likeness (QED) is 0.231. The van der Waals surface area contributed by atoms with Gasteiger partial charge in [0.2, 0.25) is 0 Å². The van der Waals surface area contributed by atoms with E-state index in [-0.39, 0.29) is 18.1 Å². The summed E-state index contributed by atoms with van der Waals surface area (Å²) in [5.74, 6) is -0.965. The predicted molar refractivity (Wildman–Crippen MR) is 160 cm³/mol. The molecule has 216 valence electrons. The molecule has 8 heteroatoms. The van der Waals surface area contributed by atoms with E-state index in [0.717, 1.165) is 67.0 Å². The molecule has 0 spiro atoms. The maximum atomic E-state index is 14.2. The van der Waals surface area contributed by atoms with Gasteiger partial charge in [-0.2, -0.15) is 0 Å². The zero-order valence-electron chi connectivity index (χ0n) is 23.4. The first-order valence-corrected chi connectivity index (χ1v) is 14.3. The Kier molecular flexibility index (Phi) is 8.17. The van der Waals surface area contributed by atoms with Crippen molar-refractivity contribution < 1.29 is 23.0 Å². The second-order valence-corrected chi connectivity index (χ2v) is 10.8. The monoisotopic (exact) mass is 569 g/mol. The predicted octanol–water partition coefficient (Wildman–Crippen LogP) is 6.34. The van der Waals surface area contributed by atoms with Gasteiger partial charge in [-0.15, -0.1) is 0 Å². The van der Waals surface area contributed by atoms with E-state index in [0.29, 0.717) is 34.7 Å². The molecule has 42 heavy (non-hydrogen) atoms. The van der Waals surface area contributed by atoms with Gasteiger partial charge in [0.25, 0.3) is 5.91 Å². The molecule has 2 saturated heterocycles. The summed E-state index contributed by atoms with van der Waals surface area (Å²) in [6.45, 7) is 5.30. The molecule has 2 heterocycles. The second-order valence-electron chi connectivity index (χ2n) is 10.8. The van der Waals surface area contributed by atoms with Crippen molar-refractivity contribution in [3.8, 4) is 33.8 Å². The van der Waals surface area contributed by atoms with Gasteiger partial charge in [-0.25, -0.2) is 8.78 Å². The molecule has 2 aliphatic rings. The largest absolute Gasteiger partial charge is 0.488 e. The SMILES string of the molecule is Cc1ccc(-c2cc(NC(=O)c3ccc(O[C@H]4CCNC4)c(-c4ccc(F)c(F)c4)c3)ccc2O[C@H]2CCNC2)cc1. The lowest BCUT2D eigenvalue weighted by Gasteiger charge is -2.19. The first kappa shape index (κ1) is 27.9. The first-order chi connectivity index (χ1) is 20.4. The summed E-state index contributed by atoms with van der Waals surface area (Å²) in [6, 6.07) is 22.6. The van der Waals surface area contributed by atoms with E-state index in [1.807, 2.05) is 49.4 Å². The van der Waals surface area contributed by atoms with E-state index < -0.39 is 11.6 Å². The van der Waals surface area contributed by atoms with Gasteiger partial charge >= 0.3 is 0 Å². The van der Waals surface area contributed by atoms with Crippen LogP contribution in [0.3, 0.4) is 0 Å². The highest BCUT2D eigenvalue weighted by Crippen LogP contribution is 2.36. The van der Waals surface area contributed by atoms with Crippen LogP contribution in [-0.2, 0) is 0 Å². The second kappa shape index (κ2) is 12.3. The third-order valence-corrected chi connectivity index (χ3v) is 7.69. The average Bonchev–Trinajstić information content (AvgIpc) is 3.71. The van der Waals surface area contributed by atoms with Crippen LogP contribution in [0.15, 0.2) is 78.9 Å². The van der Waals surface area contributed by atoms with Crippen LogP contribution >= 0.6 is 0 Å². The minimum atomic E-state index is -0.963. The number of hydrogen-bond donors (Lipinski definition) is 3. The molecular formula is C34H33F2N3O3. The number of halogens is 2. The summed E-state index contributed by atoms with van der Waals surface area (Å²) in [7, 11) is 0. The van der Waals surface area contributed by atoms with E-state index in [2.05, 4.69) is 16.0 Å². The van der Waals surface area contributed by atoms with Gasteiger partial charge in [0.1, 0.15) is 23.7 Å². The van der Waals surface area contributed by atoms with Crippen molar-refractivity contribution in [2.24, 2.45) is 0 Å². The van der Waals surface area contributed by atoms with Crippen LogP contribution in [0.4, 0.5) is 14.5 Å². The molecule has 0 saturated carbocycles. The van der Waals surface area contributed by atoms with E-state index >= 15 is 0 Å². The summed E-state index contributed by atoms with van der Waals surface area (Å²) < 4.78 is 40.4. The molecule has 0 aromatic heterocycles. The lowest BCUT2D eigenvalue weighted by Crippen LogP contribution is -2.20. The smallest absolute Gasteiger partial charge is 0.255 e. The van der Waals surface area contributed by atoms with E-state index in [1.165, 1.54) is 6.07 Å². The minimum Gasteiger partial charge on any atom is -0.488 e. The normalized spacial score (nSPS) is 18.2. The zero-order valence-corrected chi connectivity index (χ0v) is 23.4. The third kappa shape index (κ3) is 6.30. The van der Waals surface area contributed by atoms with Crippen molar-refractivity contribution in [2.75, 3.05) is 31.5 Å².